The Morgan fingerprint density at radius 1 is 1.43 bits per heavy atom. The normalized spacial score (nSPS) is 20.0. The van der Waals surface area contributed by atoms with E-state index in [0.29, 0.717) is 24.7 Å². The number of aliphatic hydroxyl groups is 1. The standard InChI is InChI=1S/C15H20N2O4/c1-8-9-5-6-20-12(9)16-11-10(8)7-17(13(11)18)14(19)21-15(2,3)4/h13,18H,5-7H2,1-4H3. The van der Waals surface area contributed by atoms with Crippen LogP contribution in [-0.2, 0) is 17.7 Å². The number of ether oxygens (including phenoxy) is 2. The SMILES string of the molecule is Cc1c2c(nc3c1CN(C(=O)OC(C)(C)C)C3O)OCC2. The van der Waals surface area contributed by atoms with Gasteiger partial charge in [-0.25, -0.2) is 9.78 Å². The minimum absolute atomic E-state index is 0.317. The van der Waals surface area contributed by atoms with Gasteiger partial charge in [0.15, 0.2) is 6.23 Å². The highest BCUT2D eigenvalue weighted by Gasteiger charge is 2.39. The summed E-state index contributed by atoms with van der Waals surface area (Å²) in [4.78, 5) is 17.9. The van der Waals surface area contributed by atoms with E-state index < -0.39 is 17.9 Å². The van der Waals surface area contributed by atoms with Gasteiger partial charge in [0.25, 0.3) is 0 Å². The lowest BCUT2D eigenvalue weighted by Crippen LogP contribution is -2.35. The third-order valence-electron chi connectivity index (χ3n) is 3.78. The molecule has 0 saturated carbocycles. The van der Waals surface area contributed by atoms with Gasteiger partial charge in [-0.1, -0.05) is 0 Å². The van der Waals surface area contributed by atoms with Crippen molar-refractivity contribution in [1.29, 1.82) is 0 Å². The van der Waals surface area contributed by atoms with Gasteiger partial charge in [-0.15, -0.1) is 0 Å². The van der Waals surface area contributed by atoms with Crippen LogP contribution < -0.4 is 4.74 Å². The molecule has 0 saturated heterocycles. The van der Waals surface area contributed by atoms with Crippen LogP contribution in [0.5, 0.6) is 5.88 Å². The number of carbonyl (C=O) groups is 1. The lowest BCUT2D eigenvalue weighted by Gasteiger charge is -2.26. The molecular formula is C15H20N2O4. The number of amides is 1. The Morgan fingerprint density at radius 2 is 2.14 bits per heavy atom. The van der Waals surface area contributed by atoms with E-state index >= 15 is 0 Å². The summed E-state index contributed by atoms with van der Waals surface area (Å²) >= 11 is 0. The quantitative estimate of drug-likeness (QED) is 0.792. The van der Waals surface area contributed by atoms with E-state index in [1.807, 2.05) is 6.92 Å². The fourth-order valence-electron chi connectivity index (χ4n) is 2.75. The summed E-state index contributed by atoms with van der Waals surface area (Å²) in [5.41, 5.74) is 2.93. The van der Waals surface area contributed by atoms with Crippen LogP contribution in [0.25, 0.3) is 0 Å². The highest BCUT2D eigenvalue weighted by atomic mass is 16.6. The third-order valence-corrected chi connectivity index (χ3v) is 3.78. The average Bonchev–Trinajstić information content (AvgIpc) is 2.94. The molecule has 0 fully saturated rings. The van der Waals surface area contributed by atoms with E-state index in [0.717, 1.165) is 23.1 Å². The van der Waals surface area contributed by atoms with Crippen LogP contribution in [0.1, 0.15) is 49.4 Å². The summed E-state index contributed by atoms with van der Waals surface area (Å²) in [5.74, 6) is 0.580. The first-order valence-corrected chi connectivity index (χ1v) is 7.10. The van der Waals surface area contributed by atoms with Gasteiger partial charge < -0.3 is 14.6 Å². The van der Waals surface area contributed by atoms with E-state index in [1.54, 1.807) is 20.8 Å². The van der Waals surface area contributed by atoms with Gasteiger partial charge in [-0.3, -0.25) is 4.90 Å². The van der Waals surface area contributed by atoms with Crippen molar-refractivity contribution >= 4 is 6.09 Å². The smallest absolute Gasteiger partial charge is 0.412 e. The maximum atomic E-state index is 12.2. The monoisotopic (exact) mass is 292 g/mol. The van der Waals surface area contributed by atoms with E-state index in [2.05, 4.69) is 4.98 Å². The Hall–Kier alpha value is -1.82. The second-order valence-electron chi connectivity index (χ2n) is 6.46. The molecule has 6 nitrogen and oxygen atoms in total. The van der Waals surface area contributed by atoms with Crippen molar-refractivity contribution in [3.8, 4) is 5.88 Å². The zero-order valence-corrected chi connectivity index (χ0v) is 12.8. The molecule has 1 aromatic rings. The Kier molecular flexibility index (Phi) is 3.09. The number of nitrogens with zero attached hydrogens (tertiary/aromatic N) is 2. The zero-order valence-electron chi connectivity index (χ0n) is 12.8. The summed E-state index contributed by atoms with van der Waals surface area (Å²) < 4.78 is 10.8. The van der Waals surface area contributed by atoms with E-state index in [4.69, 9.17) is 9.47 Å². The molecule has 21 heavy (non-hydrogen) atoms. The van der Waals surface area contributed by atoms with Gasteiger partial charge in [-0.2, -0.15) is 0 Å². The van der Waals surface area contributed by atoms with Crippen molar-refractivity contribution < 1.29 is 19.4 Å². The Balaban J connectivity index is 1.91. The molecule has 114 valence electrons. The molecule has 0 bridgehead atoms. The number of hydrogen-bond acceptors (Lipinski definition) is 5. The highest BCUT2D eigenvalue weighted by Crippen LogP contribution is 2.39. The number of carbonyl (C=O) groups excluding carboxylic acids is 1. The lowest BCUT2D eigenvalue weighted by molar-refractivity contribution is -0.0270. The summed E-state index contributed by atoms with van der Waals surface area (Å²) in [7, 11) is 0. The molecule has 0 aromatic carbocycles. The molecule has 1 amide bonds. The van der Waals surface area contributed by atoms with Crippen LogP contribution in [0.2, 0.25) is 0 Å². The predicted octanol–water partition coefficient (Wildman–Crippen LogP) is 2.07. The van der Waals surface area contributed by atoms with Crippen molar-refractivity contribution in [3.05, 3.63) is 22.4 Å². The number of aromatic nitrogens is 1. The van der Waals surface area contributed by atoms with Crippen LogP contribution in [-0.4, -0.2) is 33.3 Å². The molecule has 0 aliphatic carbocycles. The molecular weight excluding hydrogens is 272 g/mol. The first-order chi connectivity index (χ1) is 9.78. The number of hydrogen-bond donors (Lipinski definition) is 1. The maximum absolute atomic E-state index is 12.2. The number of pyridine rings is 1. The molecule has 1 atom stereocenters. The molecule has 0 spiro atoms. The second-order valence-corrected chi connectivity index (χ2v) is 6.46. The average molecular weight is 292 g/mol. The maximum Gasteiger partial charge on any atom is 0.412 e. The van der Waals surface area contributed by atoms with E-state index in [-0.39, 0.29) is 0 Å². The number of fused-ring (bicyclic) bond motifs is 2. The van der Waals surface area contributed by atoms with Gasteiger partial charge >= 0.3 is 6.09 Å². The van der Waals surface area contributed by atoms with Crippen molar-refractivity contribution in [2.45, 2.75) is 52.5 Å². The van der Waals surface area contributed by atoms with Crippen LogP contribution in [0, 0.1) is 6.92 Å². The molecule has 3 rings (SSSR count). The van der Waals surface area contributed by atoms with Crippen molar-refractivity contribution in [1.82, 2.24) is 9.88 Å². The fraction of sp³-hybridized carbons (Fsp3) is 0.600. The predicted molar refractivity (Wildman–Crippen MR) is 74.9 cm³/mol. The van der Waals surface area contributed by atoms with Gasteiger partial charge in [0.1, 0.15) is 5.60 Å². The minimum Gasteiger partial charge on any atom is -0.477 e. The van der Waals surface area contributed by atoms with Crippen LogP contribution in [0.4, 0.5) is 4.79 Å². The molecule has 3 heterocycles. The molecule has 0 radical (unpaired) electrons. The van der Waals surface area contributed by atoms with Crippen LogP contribution in [0.3, 0.4) is 0 Å². The van der Waals surface area contributed by atoms with Crippen molar-refractivity contribution in [2.75, 3.05) is 6.61 Å². The van der Waals surface area contributed by atoms with Crippen molar-refractivity contribution in [2.24, 2.45) is 0 Å². The Bertz CT molecular complexity index is 607. The summed E-state index contributed by atoms with van der Waals surface area (Å²) in [6.45, 7) is 8.32. The van der Waals surface area contributed by atoms with Gasteiger partial charge in [0.05, 0.1) is 18.8 Å². The van der Waals surface area contributed by atoms with Gasteiger partial charge in [-0.05, 0) is 33.3 Å². The molecule has 2 aliphatic rings. The summed E-state index contributed by atoms with van der Waals surface area (Å²) in [6.07, 6.45) is -0.791. The molecule has 1 unspecified atom stereocenters. The fourth-order valence-corrected chi connectivity index (χ4v) is 2.75. The van der Waals surface area contributed by atoms with Gasteiger partial charge in [0.2, 0.25) is 5.88 Å². The first kappa shape index (κ1) is 14.1. The Labute approximate surface area is 123 Å². The second kappa shape index (κ2) is 4.59. The summed E-state index contributed by atoms with van der Waals surface area (Å²) in [6, 6.07) is 0. The highest BCUT2D eigenvalue weighted by molar-refractivity contribution is 5.70. The topological polar surface area (TPSA) is 71.9 Å². The summed E-state index contributed by atoms with van der Waals surface area (Å²) in [5, 5.41) is 10.4. The largest absolute Gasteiger partial charge is 0.477 e. The molecule has 1 aromatic heterocycles. The minimum atomic E-state index is -1.08. The van der Waals surface area contributed by atoms with E-state index in [1.165, 1.54) is 4.90 Å². The molecule has 1 N–H and O–H groups in total. The van der Waals surface area contributed by atoms with Gasteiger partial charge in [0, 0.05) is 17.5 Å². The number of aliphatic hydroxyl groups excluding tert-OH is 1. The lowest BCUT2D eigenvalue weighted by atomic mass is 10.0. The van der Waals surface area contributed by atoms with E-state index in [9.17, 15) is 9.90 Å². The third kappa shape index (κ3) is 2.33. The zero-order chi connectivity index (χ0) is 15.4. The number of rotatable bonds is 0. The Morgan fingerprint density at radius 3 is 2.81 bits per heavy atom. The molecule has 6 heteroatoms. The van der Waals surface area contributed by atoms with Crippen LogP contribution >= 0.6 is 0 Å². The van der Waals surface area contributed by atoms with Crippen LogP contribution in [0.15, 0.2) is 0 Å². The molecule has 2 aliphatic heterocycles. The van der Waals surface area contributed by atoms with Crippen molar-refractivity contribution in [3.63, 3.8) is 0 Å². The first-order valence-electron chi connectivity index (χ1n) is 7.10.